The summed E-state index contributed by atoms with van der Waals surface area (Å²) in [6.07, 6.45) is 0.594. The Morgan fingerprint density at radius 3 is 2.37 bits per heavy atom. The summed E-state index contributed by atoms with van der Waals surface area (Å²) in [5, 5.41) is 3.10. The molecule has 0 heterocycles. The maximum atomic E-state index is 13.9. The SMILES string of the molecule is CNC(Cc1ccc(F)cc1)c1c(F)cccc1Br. The third kappa shape index (κ3) is 3.39. The van der Waals surface area contributed by atoms with Crippen molar-refractivity contribution in [1.29, 1.82) is 0 Å². The third-order valence-electron chi connectivity index (χ3n) is 3.05. The molecule has 100 valence electrons. The molecule has 19 heavy (non-hydrogen) atoms. The van der Waals surface area contributed by atoms with Gasteiger partial charge in [-0.2, -0.15) is 0 Å². The maximum Gasteiger partial charge on any atom is 0.129 e. The highest BCUT2D eigenvalue weighted by atomic mass is 79.9. The first-order valence-corrected chi connectivity index (χ1v) is 6.76. The van der Waals surface area contributed by atoms with Gasteiger partial charge < -0.3 is 5.32 Å². The average molecular weight is 326 g/mol. The van der Waals surface area contributed by atoms with Crippen LogP contribution in [0, 0.1) is 11.6 Å². The fourth-order valence-electron chi connectivity index (χ4n) is 2.05. The number of likely N-dealkylation sites (N-methyl/N-ethyl adjacent to an activating group) is 1. The Morgan fingerprint density at radius 2 is 1.79 bits per heavy atom. The molecule has 0 aliphatic rings. The van der Waals surface area contributed by atoms with Crippen LogP contribution in [0.5, 0.6) is 0 Å². The van der Waals surface area contributed by atoms with E-state index in [0.29, 0.717) is 12.0 Å². The van der Waals surface area contributed by atoms with Gasteiger partial charge in [0.15, 0.2) is 0 Å². The number of halogens is 3. The van der Waals surface area contributed by atoms with E-state index >= 15 is 0 Å². The van der Waals surface area contributed by atoms with E-state index in [1.54, 1.807) is 25.2 Å². The van der Waals surface area contributed by atoms with Crippen molar-refractivity contribution in [3.05, 3.63) is 69.7 Å². The van der Waals surface area contributed by atoms with Gasteiger partial charge in [-0.1, -0.05) is 34.1 Å². The summed E-state index contributed by atoms with van der Waals surface area (Å²) in [4.78, 5) is 0. The largest absolute Gasteiger partial charge is 0.313 e. The first kappa shape index (κ1) is 14.2. The highest BCUT2D eigenvalue weighted by Gasteiger charge is 2.17. The van der Waals surface area contributed by atoms with E-state index < -0.39 is 0 Å². The van der Waals surface area contributed by atoms with Crippen molar-refractivity contribution in [3.8, 4) is 0 Å². The van der Waals surface area contributed by atoms with E-state index in [0.717, 1.165) is 10.0 Å². The molecule has 0 aliphatic carbocycles. The highest BCUT2D eigenvalue weighted by molar-refractivity contribution is 9.10. The van der Waals surface area contributed by atoms with Gasteiger partial charge in [-0.3, -0.25) is 0 Å². The molecule has 2 aromatic rings. The number of hydrogen-bond donors (Lipinski definition) is 1. The normalized spacial score (nSPS) is 12.4. The van der Waals surface area contributed by atoms with Crippen molar-refractivity contribution in [1.82, 2.24) is 5.32 Å². The summed E-state index contributed by atoms with van der Waals surface area (Å²) in [5.74, 6) is -0.521. The Bertz CT molecular complexity index is 534. The molecule has 0 spiro atoms. The van der Waals surface area contributed by atoms with Crippen LogP contribution >= 0.6 is 15.9 Å². The lowest BCUT2D eigenvalue weighted by Gasteiger charge is -2.19. The lowest BCUT2D eigenvalue weighted by atomic mass is 9.98. The van der Waals surface area contributed by atoms with Crippen LogP contribution in [-0.4, -0.2) is 7.05 Å². The first-order valence-electron chi connectivity index (χ1n) is 5.97. The minimum Gasteiger partial charge on any atom is -0.313 e. The van der Waals surface area contributed by atoms with Gasteiger partial charge in [-0.25, -0.2) is 8.78 Å². The minimum absolute atomic E-state index is 0.166. The molecule has 0 fully saturated rings. The molecular formula is C15H14BrF2N. The Hall–Kier alpha value is -1.26. The van der Waals surface area contributed by atoms with Crippen LogP contribution in [0.15, 0.2) is 46.9 Å². The van der Waals surface area contributed by atoms with Gasteiger partial charge in [0.2, 0.25) is 0 Å². The number of rotatable bonds is 4. The number of benzene rings is 2. The molecule has 0 saturated carbocycles. The summed E-state index contributed by atoms with van der Waals surface area (Å²) in [7, 11) is 1.78. The van der Waals surface area contributed by atoms with Crippen LogP contribution in [0.25, 0.3) is 0 Å². The van der Waals surface area contributed by atoms with Crippen molar-refractivity contribution in [2.45, 2.75) is 12.5 Å². The van der Waals surface area contributed by atoms with Gasteiger partial charge in [0.05, 0.1) is 0 Å². The smallest absolute Gasteiger partial charge is 0.129 e. The van der Waals surface area contributed by atoms with Gasteiger partial charge in [0, 0.05) is 16.1 Å². The second-order valence-electron chi connectivity index (χ2n) is 4.31. The zero-order chi connectivity index (χ0) is 13.8. The Balaban J connectivity index is 2.27. The van der Waals surface area contributed by atoms with E-state index in [2.05, 4.69) is 21.2 Å². The monoisotopic (exact) mass is 325 g/mol. The van der Waals surface area contributed by atoms with Crippen LogP contribution in [0.1, 0.15) is 17.2 Å². The fourth-order valence-corrected chi connectivity index (χ4v) is 2.67. The lowest BCUT2D eigenvalue weighted by molar-refractivity contribution is 0.531. The zero-order valence-corrected chi connectivity index (χ0v) is 12.0. The topological polar surface area (TPSA) is 12.0 Å². The van der Waals surface area contributed by atoms with Crippen molar-refractivity contribution in [2.24, 2.45) is 0 Å². The average Bonchev–Trinajstić information content (AvgIpc) is 2.39. The molecule has 2 aromatic carbocycles. The van der Waals surface area contributed by atoms with E-state index in [9.17, 15) is 8.78 Å². The molecule has 1 unspecified atom stereocenters. The van der Waals surface area contributed by atoms with Crippen LogP contribution in [0.2, 0.25) is 0 Å². The van der Waals surface area contributed by atoms with E-state index in [4.69, 9.17) is 0 Å². The first-order chi connectivity index (χ1) is 9.11. The van der Waals surface area contributed by atoms with Crippen LogP contribution in [-0.2, 0) is 6.42 Å². The minimum atomic E-state index is -0.267. The van der Waals surface area contributed by atoms with Gasteiger partial charge in [-0.15, -0.1) is 0 Å². The second kappa shape index (κ2) is 6.26. The fraction of sp³-hybridized carbons (Fsp3) is 0.200. The van der Waals surface area contributed by atoms with Crippen molar-refractivity contribution < 1.29 is 8.78 Å². The predicted molar refractivity (Wildman–Crippen MR) is 76.0 cm³/mol. The number of hydrogen-bond acceptors (Lipinski definition) is 1. The van der Waals surface area contributed by atoms with Gasteiger partial charge in [-0.05, 0) is 43.3 Å². The predicted octanol–water partition coefficient (Wildman–Crippen LogP) is 4.23. The van der Waals surface area contributed by atoms with Gasteiger partial charge in [0.1, 0.15) is 11.6 Å². The molecule has 1 N–H and O–H groups in total. The Morgan fingerprint density at radius 1 is 1.11 bits per heavy atom. The summed E-state index contributed by atoms with van der Waals surface area (Å²) < 4.78 is 27.5. The molecule has 0 radical (unpaired) electrons. The summed E-state index contributed by atoms with van der Waals surface area (Å²) in [6.45, 7) is 0. The Labute approximate surface area is 119 Å². The summed E-state index contributed by atoms with van der Waals surface area (Å²) in [6, 6.07) is 11.0. The molecule has 4 heteroatoms. The molecule has 0 aromatic heterocycles. The molecule has 0 aliphatic heterocycles. The summed E-state index contributed by atoms with van der Waals surface area (Å²) in [5.41, 5.74) is 1.55. The van der Waals surface area contributed by atoms with Crippen LogP contribution < -0.4 is 5.32 Å². The quantitative estimate of drug-likeness (QED) is 0.887. The molecule has 1 nitrogen and oxygen atoms in total. The zero-order valence-electron chi connectivity index (χ0n) is 10.5. The molecule has 1 atom stereocenters. The van der Waals surface area contributed by atoms with Crippen LogP contribution in [0.4, 0.5) is 8.78 Å². The summed E-state index contributed by atoms with van der Waals surface area (Å²) >= 11 is 3.37. The van der Waals surface area contributed by atoms with E-state index in [1.165, 1.54) is 18.2 Å². The molecule has 2 rings (SSSR count). The molecular weight excluding hydrogens is 312 g/mol. The van der Waals surface area contributed by atoms with E-state index in [1.807, 2.05) is 6.07 Å². The third-order valence-corrected chi connectivity index (χ3v) is 3.74. The van der Waals surface area contributed by atoms with Crippen molar-refractivity contribution in [2.75, 3.05) is 7.05 Å². The standard InChI is InChI=1S/C15H14BrF2N/c1-19-14(9-10-5-7-11(17)8-6-10)15-12(16)3-2-4-13(15)18/h2-8,14,19H,9H2,1H3. The van der Waals surface area contributed by atoms with E-state index in [-0.39, 0.29) is 17.7 Å². The molecule has 0 saturated heterocycles. The van der Waals surface area contributed by atoms with Gasteiger partial charge in [0.25, 0.3) is 0 Å². The van der Waals surface area contributed by atoms with Crippen molar-refractivity contribution in [3.63, 3.8) is 0 Å². The Kier molecular flexibility index (Phi) is 4.66. The van der Waals surface area contributed by atoms with Crippen molar-refractivity contribution >= 4 is 15.9 Å². The van der Waals surface area contributed by atoms with Crippen LogP contribution in [0.3, 0.4) is 0 Å². The molecule has 0 bridgehead atoms. The second-order valence-corrected chi connectivity index (χ2v) is 5.16. The number of nitrogens with one attached hydrogen (secondary N) is 1. The lowest BCUT2D eigenvalue weighted by Crippen LogP contribution is -2.20. The molecule has 0 amide bonds. The maximum absolute atomic E-state index is 13.9. The van der Waals surface area contributed by atoms with Gasteiger partial charge >= 0.3 is 0 Å². The highest BCUT2D eigenvalue weighted by Crippen LogP contribution is 2.28.